The standard InChI is InChI=1S/C10H8ClN3O/c1-7-2-3-8(11)4-10(7)14-5-9(6-15)12-13-14/h2-6H,1H3. The van der Waals surface area contributed by atoms with E-state index in [9.17, 15) is 4.79 Å². The van der Waals surface area contributed by atoms with Crippen molar-refractivity contribution in [1.29, 1.82) is 0 Å². The van der Waals surface area contributed by atoms with E-state index in [1.54, 1.807) is 18.3 Å². The summed E-state index contributed by atoms with van der Waals surface area (Å²) in [5.41, 5.74) is 2.14. The van der Waals surface area contributed by atoms with Crippen LogP contribution in [0.1, 0.15) is 16.1 Å². The van der Waals surface area contributed by atoms with Gasteiger partial charge in [0, 0.05) is 5.02 Å². The molecule has 1 aromatic carbocycles. The van der Waals surface area contributed by atoms with Crippen LogP contribution < -0.4 is 0 Å². The maximum Gasteiger partial charge on any atom is 0.171 e. The third-order valence-corrected chi connectivity index (χ3v) is 2.28. The second kappa shape index (κ2) is 3.82. The zero-order valence-electron chi connectivity index (χ0n) is 8.01. The maximum absolute atomic E-state index is 10.5. The van der Waals surface area contributed by atoms with Gasteiger partial charge in [0.05, 0.1) is 11.9 Å². The van der Waals surface area contributed by atoms with Crippen molar-refractivity contribution in [3.63, 3.8) is 0 Å². The second-order valence-corrected chi connectivity index (χ2v) is 3.57. The zero-order chi connectivity index (χ0) is 10.8. The van der Waals surface area contributed by atoms with Gasteiger partial charge in [-0.05, 0) is 24.6 Å². The Bertz CT molecular complexity index is 507. The van der Waals surface area contributed by atoms with Crippen molar-refractivity contribution in [1.82, 2.24) is 15.0 Å². The van der Waals surface area contributed by atoms with E-state index in [4.69, 9.17) is 11.6 Å². The predicted octanol–water partition coefficient (Wildman–Crippen LogP) is 2.04. The molecule has 4 nitrogen and oxygen atoms in total. The van der Waals surface area contributed by atoms with Crippen LogP contribution in [0, 0.1) is 6.92 Å². The van der Waals surface area contributed by atoms with Gasteiger partial charge in [0.2, 0.25) is 0 Å². The Kier molecular flexibility index (Phi) is 2.51. The average Bonchev–Trinajstić information content (AvgIpc) is 2.70. The molecule has 0 N–H and O–H groups in total. The molecule has 2 aromatic rings. The van der Waals surface area contributed by atoms with E-state index < -0.39 is 0 Å². The summed E-state index contributed by atoms with van der Waals surface area (Å²) in [7, 11) is 0. The Hall–Kier alpha value is -1.68. The van der Waals surface area contributed by atoms with Crippen molar-refractivity contribution in [3.05, 3.63) is 40.7 Å². The summed E-state index contributed by atoms with van der Waals surface area (Å²) in [6, 6.07) is 5.47. The molecule has 76 valence electrons. The topological polar surface area (TPSA) is 47.8 Å². The van der Waals surface area contributed by atoms with E-state index in [0.717, 1.165) is 11.3 Å². The van der Waals surface area contributed by atoms with Crippen LogP contribution >= 0.6 is 11.6 Å². The fraction of sp³-hybridized carbons (Fsp3) is 0.100. The summed E-state index contributed by atoms with van der Waals surface area (Å²) in [5.74, 6) is 0. The molecule has 0 aliphatic heterocycles. The van der Waals surface area contributed by atoms with Crippen molar-refractivity contribution < 1.29 is 4.79 Å². The van der Waals surface area contributed by atoms with Crippen LogP contribution in [0.4, 0.5) is 0 Å². The van der Waals surface area contributed by atoms with Gasteiger partial charge in [0.1, 0.15) is 5.69 Å². The van der Waals surface area contributed by atoms with E-state index in [-0.39, 0.29) is 0 Å². The van der Waals surface area contributed by atoms with Crippen LogP contribution in [0.2, 0.25) is 5.02 Å². The smallest absolute Gasteiger partial charge is 0.171 e. The van der Waals surface area contributed by atoms with Crippen molar-refractivity contribution >= 4 is 17.9 Å². The summed E-state index contributed by atoms with van der Waals surface area (Å²) in [6.07, 6.45) is 2.22. The number of aldehydes is 1. The first-order valence-corrected chi connectivity index (χ1v) is 4.72. The van der Waals surface area contributed by atoms with E-state index in [2.05, 4.69) is 10.3 Å². The van der Waals surface area contributed by atoms with Gasteiger partial charge < -0.3 is 0 Å². The van der Waals surface area contributed by atoms with E-state index >= 15 is 0 Å². The molecule has 0 aliphatic carbocycles. The molecule has 0 saturated heterocycles. The lowest BCUT2D eigenvalue weighted by molar-refractivity contribution is 0.111. The van der Waals surface area contributed by atoms with Crippen LogP contribution in [0.5, 0.6) is 0 Å². The number of aryl methyl sites for hydroxylation is 1. The molecule has 0 atom stereocenters. The highest BCUT2D eigenvalue weighted by molar-refractivity contribution is 6.30. The number of benzene rings is 1. The number of hydrogen-bond acceptors (Lipinski definition) is 3. The Balaban J connectivity index is 2.52. The molecule has 1 heterocycles. The van der Waals surface area contributed by atoms with E-state index in [1.165, 1.54) is 4.68 Å². The van der Waals surface area contributed by atoms with E-state index in [1.807, 2.05) is 13.0 Å². The minimum Gasteiger partial charge on any atom is -0.296 e. The molecule has 0 saturated carbocycles. The SMILES string of the molecule is Cc1ccc(Cl)cc1-n1cc(C=O)nn1. The number of aromatic nitrogens is 3. The van der Waals surface area contributed by atoms with Gasteiger partial charge in [-0.1, -0.05) is 22.9 Å². The van der Waals surface area contributed by atoms with Crippen molar-refractivity contribution in [2.75, 3.05) is 0 Å². The van der Waals surface area contributed by atoms with Crippen molar-refractivity contribution in [2.45, 2.75) is 6.92 Å². The second-order valence-electron chi connectivity index (χ2n) is 3.14. The molecule has 1 aromatic heterocycles. The molecule has 0 spiro atoms. The molecular formula is C10H8ClN3O. The Morgan fingerprint density at radius 1 is 1.47 bits per heavy atom. The minimum atomic E-state index is 0.300. The van der Waals surface area contributed by atoms with Gasteiger partial charge in [0.25, 0.3) is 0 Å². The largest absolute Gasteiger partial charge is 0.296 e. The van der Waals surface area contributed by atoms with Gasteiger partial charge >= 0.3 is 0 Å². The minimum absolute atomic E-state index is 0.300. The lowest BCUT2D eigenvalue weighted by Gasteiger charge is -2.04. The number of nitrogens with zero attached hydrogens (tertiary/aromatic N) is 3. The average molecular weight is 222 g/mol. The molecule has 0 fully saturated rings. The third-order valence-electron chi connectivity index (χ3n) is 2.05. The first kappa shape index (κ1) is 9.86. The molecular weight excluding hydrogens is 214 g/mol. The number of carbonyl (C=O) groups is 1. The first-order chi connectivity index (χ1) is 7.20. The molecule has 0 bridgehead atoms. The summed E-state index contributed by atoms with van der Waals surface area (Å²) >= 11 is 5.88. The first-order valence-electron chi connectivity index (χ1n) is 4.35. The van der Waals surface area contributed by atoms with Gasteiger partial charge in [0.15, 0.2) is 6.29 Å². The van der Waals surface area contributed by atoms with E-state index in [0.29, 0.717) is 17.0 Å². The normalized spacial score (nSPS) is 10.3. The fourth-order valence-corrected chi connectivity index (χ4v) is 1.44. The van der Waals surface area contributed by atoms with Crippen molar-refractivity contribution in [2.24, 2.45) is 0 Å². The van der Waals surface area contributed by atoms with Gasteiger partial charge in [-0.3, -0.25) is 4.79 Å². The molecule has 15 heavy (non-hydrogen) atoms. The van der Waals surface area contributed by atoms with Crippen LogP contribution in [0.15, 0.2) is 24.4 Å². The summed E-state index contributed by atoms with van der Waals surface area (Å²) in [6.45, 7) is 1.94. The van der Waals surface area contributed by atoms with Crippen molar-refractivity contribution in [3.8, 4) is 5.69 Å². The van der Waals surface area contributed by atoms with Gasteiger partial charge in [-0.2, -0.15) is 0 Å². The summed E-state index contributed by atoms with van der Waals surface area (Å²) in [5, 5.41) is 8.14. The highest BCUT2D eigenvalue weighted by Gasteiger charge is 2.05. The number of hydrogen-bond donors (Lipinski definition) is 0. The highest BCUT2D eigenvalue weighted by Crippen LogP contribution is 2.18. The van der Waals surface area contributed by atoms with Crippen LogP contribution in [-0.4, -0.2) is 21.3 Å². The highest BCUT2D eigenvalue weighted by atomic mass is 35.5. The monoisotopic (exact) mass is 221 g/mol. The predicted molar refractivity (Wildman–Crippen MR) is 56.5 cm³/mol. The molecule has 0 amide bonds. The summed E-state index contributed by atoms with van der Waals surface area (Å²) < 4.78 is 1.53. The summed E-state index contributed by atoms with van der Waals surface area (Å²) in [4.78, 5) is 10.5. The van der Waals surface area contributed by atoms with Crippen LogP contribution in [0.25, 0.3) is 5.69 Å². The van der Waals surface area contributed by atoms with Crippen LogP contribution in [-0.2, 0) is 0 Å². The zero-order valence-corrected chi connectivity index (χ0v) is 8.77. The fourth-order valence-electron chi connectivity index (χ4n) is 1.28. The lowest BCUT2D eigenvalue weighted by atomic mass is 10.2. The van der Waals surface area contributed by atoms with Crippen LogP contribution in [0.3, 0.4) is 0 Å². The number of rotatable bonds is 2. The number of halogens is 1. The number of carbonyl (C=O) groups excluding carboxylic acids is 1. The Morgan fingerprint density at radius 2 is 2.27 bits per heavy atom. The molecule has 2 rings (SSSR count). The molecule has 0 unspecified atom stereocenters. The molecule has 5 heteroatoms. The lowest BCUT2D eigenvalue weighted by Crippen LogP contribution is -1.97. The van der Waals surface area contributed by atoms with Gasteiger partial charge in [-0.25, -0.2) is 4.68 Å². The molecule has 0 aliphatic rings. The molecule has 0 radical (unpaired) electrons. The Labute approximate surface area is 91.5 Å². The quantitative estimate of drug-likeness (QED) is 0.730. The Morgan fingerprint density at radius 3 is 2.93 bits per heavy atom. The third kappa shape index (κ3) is 1.89. The maximum atomic E-state index is 10.5. The van der Waals surface area contributed by atoms with Gasteiger partial charge in [-0.15, -0.1) is 5.10 Å².